The summed E-state index contributed by atoms with van der Waals surface area (Å²) in [7, 11) is 1.65. The van der Waals surface area contributed by atoms with Crippen molar-refractivity contribution in [2.45, 2.75) is 25.0 Å². The van der Waals surface area contributed by atoms with Crippen LogP contribution in [0.4, 0.5) is 0 Å². The third kappa shape index (κ3) is 3.45. The van der Waals surface area contributed by atoms with E-state index in [-0.39, 0.29) is 18.8 Å². The lowest BCUT2D eigenvalue weighted by Crippen LogP contribution is -2.31. The minimum Gasteiger partial charge on any atom is -0.497 e. The molecule has 4 nitrogen and oxygen atoms in total. The normalized spacial score (nSPS) is 20.9. The number of rotatable bonds is 6. The molecule has 2 atom stereocenters. The van der Waals surface area contributed by atoms with Crippen molar-refractivity contribution in [3.05, 3.63) is 29.8 Å². The molecule has 1 aromatic rings. The highest BCUT2D eigenvalue weighted by Crippen LogP contribution is 2.18. The molecule has 1 saturated heterocycles. The average molecular weight is 251 g/mol. The molecule has 0 spiro atoms. The quantitative estimate of drug-likeness (QED) is 0.804. The molecule has 0 amide bonds. The third-order valence-corrected chi connectivity index (χ3v) is 3.32. The molecule has 0 radical (unpaired) electrons. The van der Waals surface area contributed by atoms with Crippen molar-refractivity contribution < 1.29 is 14.6 Å². The summed E-state index contributed by atoms with van der Waals surface area (Å²) in [4.78, 5) is 0. The molecule has 100 valence electrons. The van der Waals surface area contributed by atoms with Crippen molar-refractivity contribution in [2.75, 3.05) is 26.9 Å². The first-order valence-corrected chi connectivity index (χ1v) is 6.43. The Kier molecular flexibility index (Phi) is 4.99. The summed E-state index contributed by atoms with van der Waals surface area (Å²) in [6.45, 7) is 1.73. The summed E-state index contributed by atoms with van der Waals surface area (Å²) in [5, 5.41) is 12.8. The second kappa shape index (κ2) is 6.73. The number of hydrogen-bond donors (Lipinski definition) is 2. The van der Waals surface area contributed by atoms with Gasteiger partial charge in [-0.25, -0.2) is 0 Å². The van der Waals surface area contributed by atoms with Crippen molar-refractivity contribution in [3.8, 4) is 5.75 Å². The first kappa shape index (κ1) is 13.3. The Morgan fingerprint density at radius 1 is 1.44 bits per heavy atom. The second-order valence-corrected chi connectivity index (χ2v) is 4.55. The van der Waals surface area contributed by atoms with Crippen molar-refractivity contribution in [1.29, 1.82) is 0 Å². The van der Waals surface area contributed by atoms with Gasteiger partial charge in [0, 0.05) is 13.2 Å². The van der Waals surface area contributed by atoms with Crippen LogP contribution in [0.15, 0.2) is 24.3 Å². The highest BCUT2D eigenvalue weighted by Gasteiger charge is 2.17. The van der Waals surface area contributed by atoms with Crippen LogP contribution in [0.25, 0.3) is 0 Å². The van der Waals surface area contributed by atoms with E-state index in [1.54, 1.807) is 7.11 Å². The summed E-state index contributed by atoms with van der Waals surface area (Å²) >= 11 is 0. The average Bonchev–Trinajstić information content (AvgIpc) is 2.93. The monoisotopic (exact) mass is 251 g/mol. The van der Waals surface area contributed by atoms with Crippen LogP contribution in [0, 0.1) is 0 Å². The number of nitrogens with one attached hydrogen (secondary N) is 1. The molecule has 2 rings (SSSR count). The molecule has 0 saturated carbocycles. The molecule has 18 heavy (non-hydrogen) atoms. The fourth-order valence-corrected chi connectivity index (χ4v) is 2.20. The van der Waals surface area contributed by atoms with Crippen molar-refractivity contribution in [2.24, 2.45) is 0 Å². The number of aliphatic hydroxyl groups is 1. The molecule has 2 unspecified atom stereocenters. The highest BCUT2D eigenvalue weighted by atomic mass is 16.5. The Morgan fingerprint density at radius 3 is 2.78 bits per heavy atom. The van der Waals surface area contributed by atoms with Crippen LogP contribution < -0.4 is 10.1 Å². The van der Waals surface area contributed by atoms with Crippen molar-refractivity contribution in [3.63, 3.8) is 0 Å². The van der Waals surface area contributed by atoms with Gasteiger partial charge in [0.05, 0.1) is 25.9 Å². The van der Waals surface area contributed by atoms with E-state index in [9.17, 15) is 5.11 Å². The summed E-state index contributed by atoms with van der Waals surface area (Å²) in [5.74, 6) is 0.828. The first-order chi connectivity index (χ1) is 8.83. The largest absolute Gasteiger partial charge is 0.497 e. The van der Waals surface area contributed by atoms with Gasteiger partial charge >= 0.3 is 0 Å². The standard InChI is InChI=1S/C14H21NO3/c1-17-12-6-4-11(5-7-12)14(10-16)15-9-13-3-2-8-18-13/h4-7,13-16H,2-3,8-10H2,1H3. The van der Waals surface area contributed by atoms with Crippen LogP contribution in [-0.4, -0.2) is 38.1 Å². The van der Waals surface area contributed by atoms with Gasteiger partial charge in [-0.2, -0.15) is 0 Å². The van der Waals surface area contributed by atoms with Crippen molar-refractivity contribution >= 4 is 0 Å². The molecule has 0 aromatic heterocycles. The zero-order valence-electron chi connectivity index (χ0n) is 10.8. The zero-order valence-corrected chi connectivity index (χ0v) is 10.8. The number of ether oxygens (including phenoxy) is 2. The molecule has 4 heteroatoms. The second-order valence-electron chi connectivity index (χ2n) is 4.55. The lowest BCUT2D eigenvalue weighted by Gasteiger charge is -2.19. The lowest BCUT2D eigenvalue weighted by molar-refractivity contribution is 0.104. The molecule has 1 heterocycles. The van der Waals surface area contributed by atoms with Gasteiger partial charge in [0.15, 0.2) is 0 Å². The molecule has 0 aliphatic carbocycles. The summed E-state index contributed by atoms with van der Waals surface area (Å²) < 4.78 is 10.7. The van der Waals surface area contributed by atoms with E-state index < -0.39 is 0 Å². The minimum absolute atomic E-state index is 0.0416. The minimum atomic E-state index is -0.0416. The fraction of sp³-hybridized carbons (Fsp3) is 0.571. The number of hydrogen-bond acceptors (Lipinski definition) is 4. The molecule has 1 fully saturated rings. The van der Waals surface area contributed by atoms with Gasteiger partial charge in [-0.3, -0.25) is 0 Å². The third-order valence-electron chi connectivity index (χ3n) is 3.32. The van der Waals surface area contributed by atoms with E-state index in [1.807, 2.05) is 24.3 Å². The van der Waals surface area contributed by atoms with Gasteiger partial charge in [-0.1, -0.05) is 12.1 Å². The molecule has 1 aromatic carbocycles. The Balaban J connectivity index is 1.89. The Bertz CT molecular complexity index is 347. The Morgan fingerprint density at radius 2 is 2.22 bits per heavy atom. The number of methoxy groups -OCH3 is 1. The summed E-state index contributed by atoms with van der Waals surface area (Å²) in [6.07, 6.45) is 2.53. The van der Waals surface area contributed by atoms with E-state index in [0.29, 0.717) is 0 Å². The van der Waals surface area contributed by atoms with Crippen molar-refractivity contribution in [1.82, 2.24) is 5.32 Å². The molecule has 0 bridgehead atoms. The van der Waals surface area contributed by atoms with Gasteiger partial charge in [0.25, 0.3) is 0 Å². The van der Waals surface area contributed by atoms with Crippen LogP contribution in [0.1, 0.15) is 24.4 Å². The fourth-order valence-electron chi connectivity index (χ4n) is 2.20. The maximum Gasteiger partial charge on any atom is 0.118 e. The first-order valence-electron chi connectivity index (χ1n) is 6.43. The van der Waals surface area contributed by atoms with Crippen LogP contribution >= 0.6 is 0 Å². The zero-order chi connectivity index (χ0) is 12.8. The molecular formula is C14H21NO3. The van der Waals surface area contributed by atoms with Gasteiger partial charge in [0.1, 0.15) is 5.75 Å². The van der Waals surface area contributed by atoms with Gasteiger partial charge in [0.2, 0.25) is 0 Å². The predicted molar refractivity (Wildman–Crippen MR) is 69.8 cm³/mol. The van der Waals surface area contributed by atoms with Gasteiger partial charge in [-0.15, -0.1) is 0 Å². The molecule has 1 aliphatic rings. The van der Waals surface area contributed by atoms with Crippen LogP contribution in [0.5, 0.6) is 5.75 Å². The summed E-state index contributed by atoms with van der Waals surface area (Å²) in [5.41, 5.74) is 1.07. The lowest BCUT2D eigenvalue weighted by atomic mass is 10.1. The van der Waals surface area contributed by atoms with E-state index in [0.717, 1.165) is 37.3 Å². The molecule has 1 aliphatic heterocycles. The van der Waals surface area contributed by atoms with E-state index in [2.05, 4.69) is 5.32 Å². The highest BCUT2D eigenvalue weighted by molar-refractivity contribution is 5.29. The predicted octanol–water partition coefficient (Wildman–Crippen LogP) is 1.50. The van der Waals surface area contributed by atoms with Crippen LogP contribution in [-0.2, 0) is 4.74 Å². The number of benzene rings is 1. The van der Waals surface area contributed by atoms with Crippen LogP contribution in [0.2, 0.25) is 0 Å². The topological polar surface area (TPSA) is 50.7 Å². The smallest absolute Gasteiger partial charge is 0.118 e. The Hall–Kier alpha value is -1.10. The molecule has 2 N–H and O–H groups in total. The van der Waals surface area contributed by atoms with E-state index in [4.69, 9.17) is 9.47 Å². The van der Waals surface area contributed by atoms with Gasteiger partial charge in [-0.05, 0) is 30.5 Å². The van der Waals surface area contributed by atoms with E-state index in [1.165, 1.54) is 0 Å². The van der Waals surface area contributed by atoms with Gasteiger partial charge < -0.3 is 19.9 Å². The maximum atomic E-state index is 9.45. The summed E-state index contributed by atoms with van der Waals surface area (Å²) in [6, 6.07) is 7.72. The maximum absolute atomic E-state index is 9.45. The number of aliphatic hydroxyl groups excluding tert-OH is 1. The van der Waals surface area contributed by atoms with Crippen LogP contribution in [0.3, 0.4) is 0 Å². The molecular weight excluding hydrogens is 230 g/mol. The SMILES string of the molecule is COc1ccc(C(CO)NCC2CCCO2)cc1. The Labute approximate surface area is 108 Å². The van der Waals surface area contributed by atoms with E-state index >= 15 is 0 Å².